The fraction of sp³-hybridized carbons (Fsp3) is 0.0833. The first-order chi connectivity index (χ1) is 9.19. The predicted molar refractivity (Wildman–Crippen MR) is 66.6 cm³/mol. The van der Waals surface area contributed by atoms with E-state index in [-0.39, 0.29) is 5.56 Å². The number of rotatable bonds is 2. The third kappa shape index (κ3) is 1.88. The number of nitrogens with zero attached hydrogens (tertiary/aromatic N) is 3. The Morgan fingerprint density at radius 1 is 1.21 bits per heavy atom. The summed E-state index contributed by atoms with van der Waals surface area (Å²) in [6.07, 6.45) is 1.48. The van der Waals surface area contributed by atoms with Gasteiger partial charge >= 0.3 is 0 Å². The average Bonchev–Trinajstić information content (AvgIpc) is 2.88. The summed E-state index contributed by atoms with van der Waals surface area (Å²) in [5.74, 6) is -0.780. The fourth-order valence-corrected chi connectivity index (χ4v) is 1.83. The van der Waals surface area contributed by atoms with Crippen LogP contribution in [0.2, 0.25) is 0 Å². The largest absolute Gasteiger partial charge is 0.357 e. The Balaban J connectivity index is 2.34. The average molecular weight is 261 g/mol. The maximum atomic E-state index is 13.8. The number of H-pyrrole nitrogens is 1. The normalized spacial score (nSPS) is 10.9. The first-order valence-electron chi connectivity index (χ1n) is 5.53. The molecule has 2 heterocycles. The van der Waals surface area contributed by atoms with E-state index in [1.54, 1.807) is 7.05 Å². The molecular weight excluding hydrogens is 252 g/mol. The highest BCUT2D eigenvalue weighted by atomic mass is 19.1. The summed E-state index contributed by atoms with van der Waals surface area (Å²) >= 11 is 0. The molecule has 7 heteroatoms. The van der Waals surface area contributed by atoms with Gasteiger partial charge in [-0.2, -0.15) is 10.1 Å². The Morgan fingerprint density at radius 3 is 2.84 bits per heavy atom. The molecule has 3 rings (SSSR count). The van der Waals surface area contributed by atoms with Gasteiger partial charge in [-0.15, -0.1) is 0 Å². The van der Waals surface area contributed by atoms with Gasteiger partial charge in [0, 0.05) is 12.6 Å². The second-order valence-corrected chi connectivity index (χ2v) is 3.90. The number of nitrogens with one attached hydrogen (secondary N) is 2. The summed E-state index contributed by atoms with van der Waals surface area (Å²) in [5, 5.41) is 9.82. The van der Waals surface area contributed by atoms with Crippen molar-refractivity contribution in [1.29, 1.82) is 0 Å². The van der Waals surface area contributed by atoms with Crippen LogP contribution in [-0.2, 0) is 0 Å². The molecule has 0 aliphatic carbocycles. The van der Waals surface area contributed by atoms with Crippen molar-refractivity contribution in [2.24, 2.45) is 0 Å². The molecule has 0 atom stereocenters. The van der Waals surface area contributed by atoms with Crippen molar-refractivity contribution < 1.29 is 8.78 Å². The molecule has 0 aliphatic heterocycles. The van der Waals surface area contributed by atoms with Gasteiger partial charge in [0.05, 0.1) is 17.3 Å². The molecule has 96 valence electrons. The van der Waals surface area contributed by atoms with E-state index < -0.39 is 11.6 Å². The second-order valence-electron chi connectivity index (χ2n) is 3.90. The van der Waals surface area contributed by atoms with E-state index in [1.165, 1.54) is 6.20 Å². The molecule has 0 bridgehead atoms. The summed E-state index contributed by atoms with van der Waals surface area (Å²) in [6.45, 7) is 0. The molecule has 0 radical (unpaired) electrons. The smallest absolute Gasteiger partial charge is 0.225 e. The molecule has 0 saturated carbocycles. The van der Waals surface area contributed by atoms with Crippen LogP contribution in [0.5, 0.6) is 0 Å². The first kappa shape index (κ1) is 11.5. The number of hydrogen-bond donors (Lipinski definition) is 2. The topological polar surface area (TPSA) is 66.5 Å². The highest BCUT2D eigenvalue weighted by Gasteiger charge is 2.15. The van der Waals surface area contributed by atoms with Crippen LogP contribution in [0.1, 0.15) is 0 Å². The van der Waals surface area contributed by atoms with Crippen LogP contribution in [0, 0.1) is 11.6 Å². The van der Waals surface area contributed by atoms with Crippen LogP contribution in [0.3, 0.4) is 0 Å². The standard InChI is InChI=1S/C12H9F2N5/c1-15-12-17-10(8-5-16-19-11(8)18-12)7-4-6(13)2-3-9(7)14/h2-5H,1H3,(H2,15,16,17,18,19). The van der Waals surface area contributed by atoms with Crippen molar-refractivity contribution in [3.05, 3.63) is 36.0 Å². The number of hydrogen-bond acceptors (Lipinski definition) is 4. The van der Waals surface area contributed by atoms with Gasteiger partial charge in [0.25, 0.3) is 0 Å². The van der Waals surface area contributed by atoms with E-state index in [0.717, 1.165) is 18.2 Å². The Labute approximate surface area is 106 Å². The van der Waals surface area contributed by atoms with E-state index in [4.69, 9.17) is 0 Å². The molecule has 0 amide bonds. The summed E-state index contributed by atoms with van der Waals surface area (Å²) in [7, 11) is 1.64. The first-order valence-corrected chi connectivity index (χ1v) is 5.53. The van der Waals surface area contributed by atoms with Gasteiger partial charge in [-0.05, 0) is 18.2 Å². The minimum Gasteiger partial charge on any atom is -0.357 e. The van der Waals surface area contributed by atoms with Crippen LogP contribution in [0.15, 0.2) is 24.4 Å². The lowest BCUT2D eigenvalue weighted by molar-refractivity contribution is 0.603. The number of halogens is 2. The summed E-state index contributed by atoms with van der Waals surface area (Å²) in [5.41, 5.74) is 0.823. The zero-order valence-electron chi connectivity index (χ0n) is 9.91. The van der Waals surface area contributed by atoms with Crippen molar-refractivity contribution in [3.8, 4) is 11.3 Å². The van der Waals surface area contributed by atoms with Crippen LogP contribution < -0.4 is 5.32 Å². The molecule has 0 fully saturated rings. The van der Waals surface area contributed by atoms with E-state index in [0.29, 0.717) is 22.7 Å². The molecule has 19 heavy (non-hydrogen) atoms. The van der Waals surface area contributed by atoms with Crippen LogP contribution in [-0.4, -0.2) is 27.2 Å². The maximum Gasteiger partial charge on any atom is 0.225 e. The number of anilines is 1. The van der Waals surface area contributed by atoms with E-state index in [2.05, 4.69) is 25.5 Å². The van der Waals surface area contributed by atoms with Crippen molar-refractivity contribution in [2.75, 3.05) is 12.4 Å². The van der Waals surface area contributed by atoms with Gasteiger partial charge in [-0.1, -0.05) is 0 Å². The van der Waals surface area contributed by atoms with Crippen molar-refractivity contribution in [2.45, 2.75) is 0 Å². The summed E-state index contributed by atoms with van der Waals surface area (Å²) < 4.78 is 27.1. The molecule has 0 aliphatic rings. The Bertz CT molecular complexity index is 753. The van der Waals surface area contributed by atoms with Crippen molar-refractivity contribution in [3.63, 3.8) is 0 Å². The lowest BCUT2D eigenvalue weighted by Gasteiger charge is -2.06. The Morgan fingerprint density at radius 2 is 2.05 bits per heavy atom. The molecule has 0 saturated heterocycles. The number of benzene rings is 1. The van der Waals surface area contributed by atoms with Gasteiger partial charge in [-0.3, -0.25) is 5.10 Å². The number of aromatic nitrogens is 4. The highest BCUT2D eigenvalue weighted by molar-refractivity contribution is 5.90. The van der Waals surface area contributed by atoms with Gasteiger partial charge in [0.2, 0.25) is 5.95 Å². The number of aromatic amines is 1. The Hall–Kier alpha value is -2.57. The summed E-state index contributed by atoms with van der Waals surface area (Å²) in [6, 6.07) is 3.23. The molecule has 1 aromatic carbocycles. The zero-order valence-corrected chi connectivity index (χ0v) is 9.91. The number of fused-ring (bicyclic) bond motifs is 1. The SMILES string of the molecule is CNc1nc(-c2cc(F)ccc2F)c2cn[nH]c2n1. The van der Waals surface area contributed by atoms with Crippen LogP contribution in [0.4, 0.5) is 14.7 Å². The monoisotopic (exact) mass is 261 g/mol. The minimum atomic E-state index is -0.551. The van der Waals surface area contributed by atoms with Gasteiger partial charge in [-0.25, -0.2) is 13.8 Å². The van der Waals surface area contributed by atoms with Crippen LogP contribution in [0.25, 0.3) is 22.3 Å². The quantitative estimate of drug-likeness (QED) is 0.743. The van der Waals surface area contributed by atoms with Gasteiger partial charge in [0.1, 0.15) is 11.6 Å². The highest BCUT2D eigenvalue weighted by Crippen LogP contribution is 2.28. The molecule has 2 aromatic heterocycles. The van der Waals surface area contributed by atoms with Crippen molar-refractivity contribution >= 4 is 17.0 Å². The zero-order chi connectivity index (χ0) is 13.4. The molecule has 3 aromatic rings. The lowest BCUT2D eigenvalue weighted by Crippen LogP contribution is -1.99. The maximum absolute atomic E-state index is 13.8. The second kappa shape index (κ2) is 4.27. The summed E-state index contributed by atoms with van der Waals surface area (Å²) in [4.78, 5) is 8.31. The van der Waals surface area contributed by atoms with E-state index in [9.17, 15) is 8.78 Å². The third-order valence-corrected chi connectivity index (χ3v) is 2.72. The lowest BCUT2D eigenvalue weighted by atomic mass is 10.1. The van der Waals surface area contributed by atoms with E-state index >= 15 is 0 Å². The molecular formula is C12H9F2N5. The van der Waals surface area contributed by atoms with Gasteiger partial charge in [0.15, 0.2) is 5.65 Å². The van der Waals surface area contributed by atoms with Crippen molar-refractivity contribution in [1.82, 2.24) is 20.2 Å². The third-order valence-electron chi connectivity index (χ3n) is 2.72. The minimum absolute atomic E-state index is 0.0744. The predicted octanol–water partition coefficient (Wildman–Crippen LogP) is 2.34. The molecule has 2 N–H and O–H groups in total. The van der Waals surface area contributed by atoms with Gasteiger partial charge < -0.3 is 5.32 Å². The molecule has 0 unspecified atom stereocenters. The van der Waals surface area contributed by atoms with E-state index in [1.807, 2.05) is 0 Å². The Kier molecular flexibility index (Phi) is 2.59. The molecule has 0 spiro atoms. The fourth-order valence-electron chi connectivity index (χ4n) is 1.83. The van der Waals surface area contributed by atoms with Crippen LogP contribution >= 0.6 is 0 Å². The molecule has 5 nitrogen and oxygen atoms in total.